The van der Waals surface area contributed by atoms with E-state index in [2.05, 4.69) is 4.18 Å². The molecule has 2 rings (SSSR count). The average molecular weight is 336 g/mol. The van der Waals surface area contributed by atoms with Crippen molar-refractivity contribution in [1.82, 2.24) is 0 Å². The van der Waals surface area contributed by atoms with Crippen molar-refractivity contribution in [2.24, 2.45) is 0 Å². The van der Waals surface area contributed by atoms with Gasteiger partial charge in [-0.3, -0.25) is 8.98 Å². The number of carbonyl (C=O) groups excluding carboxylic acids is 1. The molecular weight excluding hydrogens is 321 g/mol. The molecule has 1 aromatic rings. The molecule has 1 aromatic carbocycles. The summed E-state index contributed by atoms with van der Waals surface area (Å²) in [5, 5.41) is 0. The predicted molar refractivity (Wildman–Crippen MR) is 72.7 cm³/mol. The lowest BCUT2D eigenvalue weighted by Crippen LogP contribution is -2.15. The molecule has 8 heteroatoms. The zero-order chi connectivity index (χ0) is 16.5. The van der Waals surface area contributed by atoms with E-state index in [-0.39, 0.29) is 16.9 Å². The van der Waals surface area contributed by atoms with Crippen LogP contribution in [0, 0.1) is 0 Å². The number of halogens is 3. The summed E-state index contributed by atoms with van der Waals surface area (Å²) >= 11 is 0. The summed E-state index contributed by atoms with van der Waals surface area (Å²) in [7, 11) is -3.74. The number of Topliss-reactive ketones (excluding diaryl/α,β-unsaturated/α-hetero) is 1. The Balaban J connectivity index is 2.37. The second-order valence-corrected chi connectivity index (χ2v) is 6.94. The fourth-order valence-electron chi connectivity index (χ4n) is 2.56. The highest BCUT2D eigenvalue weighted by molar-refractivity contribution is 7.85. The van der Waals surface area contributed by atoms with E-state index >= 15 is 0 Å². The van der Waals surface area contributed by atoms with E-state index in [0.29, 0.717) is 19.3 Å². The van der Waals surface area contributed by atoms with E-state index in [9.17, 15) is 26.4 Å². The third-order valence-electron chi connectivity index (χ3n) is 3.54. The van der Waals surface area contributed by atoms with E-state index in [0.717, 1.165) is 12.3 Å². The number of rotatable bonds is 4. The van der Waals surface area contributed by atoms with Gasteiger partial charge in [0, 0.05) is 12.3 Å². The maximum Gasteiger partial charge on any atom is 0.416 e. The topological polar surface area (TPSA) is 60.4 Å². The monoisotopic (exact) mass is 336 g/mol. The lowest BCUT2D eigenvalue weighted by Gasteiger charge is -2.18. The highest BCUT2D eigenvalue weighted by Crippen LogP contribution is 2.40. The van der Waals surface area contributed by atoms with Crippen molar-refractivity contribution in [2.75, 3.05) is 6.26 Å². The Morgan fingerprint density at radius 2 is 2.00 bits per heavy atom. The minimum absolute atomic E-state index is 0.0434. The number of hydrogen-bond acceptors (Lipinski definition) is 4. The summed E-state index contributed by atoms with van der Waals surface area (Å²) in [6.45, 7) is -0.471. The van der Waals surface area contributed by atoms with Gasteiger partial charge in [0.15, 0.2) is 0 Å². The predicted octanol–water partition coefficient (Wildman–Crippen LogP) is 3.02. The molecule has 1 aliphatic rings. The van der Waals surface area contributed by atoms with Crippen molar-refractivity contribution in [3.63, 3.8) is 0 Å². The smallest absolute Gasteiger partial charge is 0.299 e. The summed E-state index contributed by atoms with van der Waals surface area (Å²) in [6, 6.07) is 3.46. The van der Waals surface area contributed by atoms with Gasteiger partial charge in [-0.15, -0.1) is 0 Å². The maximum atomic E-state index is 13.2. The molecule has 0 bridgehead atoms. The molecule has 4 nitrogen and oxygen atoms in total. The van der Waals surface area contributed by atoms with Crippen LogP contribution in [0.15, 0.2) is 18.2 Å². The molecule has 1 saturated carbocycles. The zero-order valence-electron chi connectivity index (χ0n) is 11.8. The van der Waals surface area contributed by atoms with Crippen LogP contribution in [0.1, 0.15) is 41.9 Å². The van der Waals surface area contributed by atoms with Crippen molar-refractivity contribution >= 4 is 15.9 Å². The largest absolute Gasteiger partial charge is 0.416 e. The quantitative estimate of drug-likeness (QED) is 0.793. The normalized spacial score (nSPS) is 19.6. The first-order valence-corrected chi connectivity index (χ1v) is 8.47. The molecule has 0 amide bonds. The lowest BCUT2D eigenvalue weighted by atomic mass is 9.90. The third-order valence-corrected chi connectivity index (χ3v) is 4.09. The van der Waals surface area contributed by atoms with Gasteiger partial charge in [-0.1, -0.05) is 12.1 Å². The molecule has 122 valence electrons. The first-order valence-electron chi connectivity index (χ1n) is 6.65. The van der Waals surface area contributed by atoms with Gasteiger partial charge in [0.25, 0.3) is 10.1 Å². The Labute approximate surface area is 126 Å². The van der Waals surface area contributed by atoms with Crippen LogP contribution in [0.4, 0.5) is 13.2 Å². The van der Waals surface area contributed by atoms with Crippen molar-refractivity contribution in [1.29, 1.82) is 0 Å². The lowest BCUT2D eigenvalue weighted by molar-refractivity contribution is -0.138. The van der Waals surface area contributed by atoms with Crippen molar-refractivity contribution in [2.45, 2.75) is 38.0 Å². The fraction of sp³-hybridized carbons (Fsp3) is 0.500. The molecular formula is C14H15F3O4S. The molecule has 22 heavy (non-hydrogen) atoms. The summed E-state index contributed by atoms with van der Waals surface area (Å²) in [5.74, 6) is -0.924. The Hall–Kier alpha value is -1.41. The Morgan fingerprint density at radius 1 is 1.32 bits per heavy atom. The first kappa shape index (κ1) is 17.0. The Kier molecular flexibility index (Phi) is 4.62. The number of alkyl halides is 3. The number of carbonyl (C=O) groups is 1. The second-order valence-electron chi connectivity index (χ2n) is 5.30. The average Bonchev–Trinajstić information content (AvgIpc) is 2.80. The fourth-order valence-corrected chi connectivity index (χ4v) is 2.91. The summed E-state index contributed by atoms with van der Waals surface area (Å²) in [6.07, 6.45) is -2.51. The van der Waals surface area contributed by atoms with Gasteiger partial charge in [-0.05, 0) is 30.0 Å². The van der Waals surface area contributed by atoms with Crippen LogP contribution in [-0.4, -0.2) is 20.5 Å². The van der Waals surface area contributed by atoms with Crippen LogP contribution >= 0.6 is 0 Å². The van der Waals surface area contributed by atoms with Crippen LogP contribution in [0.3, 0.4) is 0 Å². The van der Waals surface area contributed by atoms with Crippen LogP contribution < -0.4 is 0 Å². The van der Waals surface area contributed by atoms with Crippen LogP contribution in [-0.2, 0) is 31.9 Å². The van der Waals surface area contributed by atoms with E-state index in [1.807, 2.05) is 0 Å². The number of hydrogen-bond donors (Lipinski definition) is 0. The highest BCUT2D eigenvalue weighted by atomic mass is 32.2. The molecule has 0 aromatic heterocycles. The first-order chi connectivity index (χ1) is 10.1. The van der Waals surface area contributed by atoms with Gasteiger partial charge in [0.05, 0.1) is 18.4 Å². The molecule has 0 aliphatic heterocycles. The molecule has 1 aliphatic carbocycles. The number of benzene rings is 1. The van der Waals surface area contributed by atoms with Gasteiger partial charge in [-0.2, -0.15) is 21.6 Å². The van der Waals surface area contributed by atoms with Gasteiger partial charge in [0.1, 0.15) is 5.78 Å². The Morgan fingerprint density at radius 3 is 2.50 bits per heavy atom. The van der Waals surface area contributed by atoms with Crippen LogP contribution in [0.25, 0.3) is 0 Å². The minimum Gasteiger partial charge on any atom is -0.299 e. The van der Waals surface area contributed by atoms with Gasteiger partial charge >= 0.3 is 6.18 Å². The zero-order valence-corrected chi connectivity index (χ0v) is 12.6. The molecule has 1 atom stereocenters. The van der Waals surface area contributed by atoms with Crippen molar-refractivity contribution in [3.05, 3.63) is 34.9 Å². The standard InChI is InChI=1S/C14H15F3O4S/c1-22(19,20)21-8-9-5-6-10(11-3-2-4-13(11)18)12(7-9)14(15,16)17/h5-7,11H,2-4,8H2,1H3. The molecule has 0 heterocycles. The third kappa shape index (κ3) is 4.07. The van der Waals surface area contributed by atoms with Crippen LogP contribution in [0.2, 0.25) is 0 Å². The minimum atomic E-state index is -4.61. The second kappa shape index (κ2) is 6.00. The summed E-state index contributed by atoms with van der Waals surface area (Å²) in [5.41, 5.74) is -0.854. The maximum absolute atomic E-state index is 13.2. The summed E-state index contributed by atoms with van der Waals surface area (Å²) in [4.78, 5) is 11.7. The summed E-state index contributed by atoms with van der Waals surface area (Å²) < 4.78 is 66.0. The van der Waals surface area contributed by atoms with Gasteiger partial charge in [0.2, 0.25) is 0 Å². The van der Waals surface area contributed by atoms with Gasteiger partial charge < -0.3 is 0 Å². The van der Waals surface area contributed by atoms with E-state index in [1.54, 1.807) is 0 Å². The van der Waals surface area contributed by atoms with E-state index < -0.39 is 34.4 Å². The Bertz CT molecular complexity index is 680. The molecule has 0 saturated heterocycles. The molecule has 0 radical (unpaired) electrons. The highest BCUT2D eigenvalue weighted by Gasteiger charge is 2.38. The molecule has 1 unspecified atom stereocenters. The molecule has 0 spiro atoms. The van der Waals surface area contributed by atoms with E-state index in [4.69, 9.17) is 0 Å². The molecule has 1 fully saturated rings. The van der Waals surface area contributed by atoms with E-state index in [1.165, 1.54) is 12.1 Å². The van der Waals surface area contributed by atoms with Crippen molar-refractivity contribution < 1.29 is 30.6 Å². The van der Waals surface area contributed by atoms with Gasteiger partial charge in [-0.25, -0.2) is 0 Å². The molecule has 0 N–H and O–H groups in total. The number of ketones is 1. The SMILES string of the molecule is CS(=O)(=O)OCc1ccc(C2CCCC2=O)c(C(F)(F)F)c1. The van der Waals surface area contributed by atoms with Crippen LogP contribution in [0.5, 0.6) is 0 Å². The van der Waals surface area contributed by atoms with Crippen molar-refractivity contribution in [3.8, 4) is 0 Å².